The molecule has 0 fully saturated rings. The van der Waals surface area contributed by atoms with Gasteiger partial charge in [-0.2, -0.15) is 0 Å². The minimum Gasteiger partial charge on any atom is -0.746 e. The number of rotatable bonds is 8. The summed E-state index contributed by atoms with van der Waals surface area (Å²) < 4.78 is 64.4. The van der Waals surface area contributed by atoms with E-state index in [1.54, 1.807) is 27.7 Å². The Morgan fingerprint density at radius 1 is 0.724 bits per heavy atom. The predicted octanol–water partition coefficient (Wildman–Crippen LogP) is 0.0312. The van der Waals surface area contributed by atoms with Crippen LogP contribution in [0.4, 0.5) is 0 Å². The summed E-state index contributed by atoms with van der Waals surface area (Å²) in [5, 5.41) is 1.44. The van der Waals surface area contributed by atoms with Crippen molar-refractivity contribution < 1.29 is 35.5 Å². The molecule has 0 bridgehead atoms. The Bertz CT molecular complexity index is 737. The number of carbonyl (C=O) groups excluding carboxylic acids is 2. The average molecular weight is 465 g/mol. The van der Waals surface area contributed by atoms with E-state index < -0.39 is 54.6 Å². The first-order chi connectivity index (χ1) is 12.3. The van der Waals surface area contributed by atoms with Crippen molar-refractivity contribution in [1.29, 1.82) is 0 Å². The van der Waals surface area contributed by atoms with Crippen molar-refractivity contribution >= 4 is 55.1 Å². The Kier molecular flexibility index (Phi) is 15.0. The van der Waals surface area contributed by atoms with Crippen molar-refractivity contribution in [2.75, 3.05) is 0 Å². The predicted molar refractivity (Wildman–Crippen MR) is 108 cm³/mol. The van der Waals surface area contributed by atoms with Crippen LogP contribution < -0.4 is 10.6 Å². The van der Waals surface area contributed by atoms with Crippen molar-refractivity contribution in [2.45, 2.75) is 52.3 Å². The Morgan fingerprint density at radius 2 is 0.931 bits per heavy atom. The molecule has 13 heteroatoms. The third-order valence-electron chi connectivity index (χ3n) is 3.15. The van der Waals surface area contributed by atoms with Crippen molar-refractivity contribution in [3.8, 4) is 0 Å². The zero-order valence-corrected chi connectivity index (χ0v) is 20.6. The van der Waals surface area contributed by atoms with E-state index in [4.69, 9.17) is 0 Å². The molecule has 0 saturated carbocycles. The summed E-state index contributed by atoms with van der Waals surface area (Å²) in [6.07, 6.45) is 0. The fraction of sp³-hybridized carbons (Fsp3) is 0.625. The van der Waals surface area contributed by atoms with E-state index in [-0.39, 0.29) is 34.2 Å². The molecule has 0 radical (unpaired) electrons. The molecule has 2 atom stereocenters. The molecular weight excluding hydrogens is 437 g/mol. The summed E-state index contributed by atoms with van der Waals surface area (Å²) in [6, 6.07) is 0. The molecule has 0 aromatic heterocycles. The normalized spacial score (nSPS) is 13.3. The van der Waals surface area contributed by atoms with Gasteiger partial charge < -0.3 is 19.7 Å². The van der Waals surface area contributed by atoms with Crippen LogP contribution in [-0.4, -0.2) is 71.6 Å². The van der Waals surface area contributed by atoms with E-state index in [1.807, 2.05) is 0 Å². The maximum Gasteiger partial charge on any atom is 2.00 e. The van der Waals surface area contributed by atoms with E-state index in [9.17, 15) is 35.5 Å². The molecule has 0 heterocycles. The van der Waals surface area contributed by atoms with Crippen LogP contribution in [0.3, 0.4) is 0 Å². The second kappa shape index (κ2) is 13.3. The molecule has 0 saturated heterocycles. The van der Waals surface area contributed by atoms with Crippen LogP contribution in [0.5, 0.6) is 0 Å². The molecule has 29 heavy (non-hydrogen) atoms. The number of hydrogen-bond donors (Lipinski definition) is 2. The summed E-state index contributed by atoms with van der Waals surface area (Å²) in [4.78, 5) is 22.2. The van der Waals surface area contributed by atoms with Crippen LogP contribution >= 0.6 is 0 Å². The second-order valence-electron chi connectivity index (χ2n) is 6.82. The maximum absolute atomic E-state index is 11.1. The van der Waals surface area contributed by atoms with Gasteiger partial charge in [0.1, 0.15) is 31.0 Å². The van der Waals surface area contributed by atoms with Crippen molar-refractivity contribution in [3.63, 3.8) is 0 Å². The Labute approximate surface area is 189 Å². The Morgan fingerprint density at radius 3 is 1.03 bits per heavy atom. The quantitative estimate of drug-likeness (QED) is 0.287. The molecule has 2 amide bonds. The van der Waals surface area contributed by atoms with Crippen LogP contribution in [0.2, 0.25) is 0 Å². The molecule has 0 aliphatic heterocycles. The van der Waals surface area contributed by atoms with E-state index in [2.05, 4.69) is 23.8 Å². The first kappa shape index (κ1) is 32.7. The van der Waals surface area contributed by atoms with Crippen LogP contribution in [-0.2, 0) is 29.8 Å². The Hall–Kier alpha value is -0.994. The van der Waals surface area contributed by atoms with Gasteiger partial charge in [0.2, 0.25) is 11.8 Å². The van der Waals surface area contributed by atoms with Crippen molar-refractivity contribution in [2.24, 2.45) is 11.8 Å². The number of amides is 2. The van der Waals surface area contributed by atoms with Crippen molar-refractivity contribution in [3.05, 3.63) is 24.3 Å². The standard InChI is InChI=1S/2C8H15NO4S.Mg/c2*1-5(2)7(10)9-8(6(3)4)14(11,12)13;/h2*6,8H,1H2,2-4H3,(H,9,10)(H,11,12,13);/q;;+2/p-2. The average Bonchev–Trinajstić information content (AvgIpc) is 2.46. The monoisotopic (exact) mass is 464 g/mol. The smallest absolute Gasteiger partial charge is 0.746 e. The van der Waals surface area contributed by atoms with E-state index >= 15 is 0 Å². The zero-order chi connectivity index (χ0) is 23.0. The van der Waals surface area contributed by atoms with E-state index in [0.29, 0.717) is 0 Å². The zero-order valence-electron chi connectivity index (χ0n) is 17.5. The van der Waals surface area contributed by atoms with Gasteiger partial charge in [-0.25, -0.2) is 16.8 Å². The summed E-state index contributed by atoms with van der Waals surface area (Å²) in [7, 11) is -9.03. The molecule has 10 nitrogen and oxygen atoms in total. The first-order valence-electron chi connectivity index (χ1n) is 8.14. The van der Waals surface area contributed by atoms with Gasteiger partial charge in [0.05, 0.1) is 0 Å². The molecule has 0 aromatic rings. The molecule has 0 aliphatic rings. The Balaban J connectivity index is -0.000000451. The first-order valence-corrected chi connectivity index (χ1v) is 11.1. The number of nitrogens with one attached hydrogen (secondary N) is 2. The van der Waals surface area contributed by atoms with Gasteiger partial charge in [0, 0.05) is 11.1 Å². The SMILES string of the molecule is C=C(C)C(=O)NC(C(C)C)S(=O)(=O)[O-].C=C(C)C(=O)NC(C(C)C)S(=O)(=O)[O-].[Mg+2]. The maximum atomic E-state index is 11.1. The van der Waals surface area contributed by atoms with E-state index in [0.717, 1.165) is 0 Å². The van der Waals surface area contributed by atoms with Gasteiger partial charge >= 0.3 is 23.1 Å². The molecule has 164 valence electrons. The van der Waals surface area contributed by atoms with Gasteiger partial charge in [-0.15, -0.1) is 0 Å². The number of hydrogen-bond acceptors (Lipinski definition) is 8. The molecule has 2 unspecified atom stereocenters. The van der Waals surface area contributed by atoms with Crippen LogP contribution in [0.15, 0.2) is 24.3 Å². The third kappa shape index (κ3) is 13.8. The summed E-state index contributed by atoms with van der Waals surface area (Å²) in [5.41, 5.74) is 0.332. The minimum atomic E-state index is -4.52. The van der Waals surface area contributed by atoms with E-state index in [1.165, 1.54) is 13.8 Å². The molecule has 0 spiro atoms. The fourth-order valence-corrected chi connectivity index (χ4v) is 3.49. The molecule has 2 N–H and O–H groups in total. The number of carbonyl (C=O) groups is 2. The topological polar surface area (TPSA) is 173 Å². The van der Waals surface area contributed by atoms with Crippen LogP contribution in [0.1, 0.15) is 41.5 Å². The summed E-state index contributed by atoms with van der Waals surface area (Å²) >= 11 is 0. The fourth-order valence-electron chi connectivity index (χ4n) is 1.65. The molecule has 0 rings (SSSR count). The largest absolute Gasteiger partial charge is 2.00 e. The second-order valence-corrected chi connectivity index (χ2v) is 9.81. The van der Waals surface area contributed by atoms with Gasteiger partial charge in [0.25, 0.3) is 0 Å². The molecule has 0 aliphatic carbocycles. The summed E-state index contributed by atoms with van der Waals surface area (Å²) in [5.74, 6) is -2.19. The van der Waals surface area contributed by atoms with Gasteiger partial charge in [0.15, 0.2) is 0 Å². The van der Waals surface area contributed by atoms with Gasteiger partial charge in [-0.1, -0.05) is 40.9 Å². The molecule has 0 aromatic carbocycles. The van der Waals surface area contributed by atoms with Crippen molar-refractivity contribution in [1.82, 2.24) is 10.6 Å². The van der Waals surface area contributed by atoms with Crippen LogP contribution in [0, 0.1) is 11.8 Å². The van der Waals surface area contributed by atoms with Crippen LogP contribution in [0.25, 0.3) is 0 Å². The van der Waals surface area contributed by atoms with Gasteiger partial charge in [-0.3, -0.25) is 9.59 Å². The minimum absolute atomic E-state index is 0. The third-order valence-corrected chi connectivity index (χ3v) is 5.72. The summed E-state index contributed by atoms with van der Waals surface area (Å²) in [6.45, 7) is 15.7. The molecular formula is C16H28MgN2O8S2. The van der Waals surface area contributed by atoms with Gasteiger partial charge in [-0.05, 0) is 25.7 Å².